The van der Waals surface area contributed by atoms with Crippen LogP contribution in [0.5, 0.6) is 0 Å². The molecular weight excluding hydrogens is 510 g/mol. The number of hydrogen-bond acceptors (Lipinski definition) is 13. The summed E-state index contributed by atoms with van der Waals surface area (Å²) in [5.74, 6) is -0.769. The number of nitrogens with two attached hydrogens (primary N) is 1. The standard InChI is InChI=1S/C17H19N7O5S4/c1-7-19-16(33-23-7)32-6-17(14(27)28)4-24-12(26)10(13(24)31-5-17)21-11(25)9(22-29-2)8-3-30-15(18)20-8/h3,10,13H,4-6H2,1-2H3,(H2,18,20)(H,21,25)(H,27,28)/t10?,13-,17?/m1/s1. The first-order chi connectivity index (χ1) is 15.7. The third-order valence-corrected chi connectivity index (χ3v) is 9.50. The van der Waals surface area contributed by atoms with E-state index in [0.717, 1.165) is 11.3 Å². The lowest BCUT2D eigenvalue weighted by Gasteiger charge is -2.53. The van der Waals surface area contributed by atoms with Gasteiger partial charge in [0.2, 0.25) is 5.91 Å². The van der Waals surface area contributed by atoms with Crippen molar-refractivity contribution in [2.24, 2.45) is 10.6 Å². The van der Waals surface area contributed by atoms with E-state index in [9.17, 15) is 19.5 Å². The van der Waals surface area contributed by atoms with E-state index < -0.39 is 23.3 Å². The van der Waals surface area contributed by atoms with Gasteiger partial charge in [0.05, 0.1) is 0 Å². The highest BCUT2D eigenvalue weighted by molar-refractivity contribution is 8.01. The lowest BCUT2D eigenvalue weighted by molar-refractivity contribution is -0.157. The van der Waals surface area contributed by atoms with E-state index in [1.807, 2.05) is 0 Å². The van der Waals surface area contributed by atoms with Gasteiger partial charge >= 0.3 is 5.97 Å². The van der Waals surface area contributed by atoms with Gasteiger partial charge in [0, 0.05) is 23.4 Å². The highest BCUT2D eigenvalue weighted by Crippen LogP contribution is 2.44. The molecule has 0 aliphatic carbocycles. The number of β-lactam (4-membered cyclic amide) rings is 1. The van der Waals surface area contributed by atoms with E-state index in [0.29, 0.717) is 10.2 Å². The Labute approximate surface area is 204 Å². The van der Waals surface area contributed by atoms with Crippen LogP contribution < -0.4 is 11.1 Å². The van der Waals surface area contributed by atoms with Gasteiger partial charge in [-0.1, -0.05) is 16.9 Å². The number of anilines is 1. The molecule has 4 heterocycles. The number of nitrogen functional groups attached to an aromatic ring is 1. The highest BCUT2D eigenvalue weighted by atomic mass is 32.2. The number of thioether (sulfide) groups is 2. The number of aliphatic carboxylic acids is 1. The van der Waals surface area contributed by atoms with Crippen molar-refractivity contribution >= 4 is 75.0 Å². The second-order valence-electron chi connectivity index (χ2n) is 7.29. The van der Waals surface area contributed by atoms with Crippen molar-refractivity contribution in [2.75, 3.05) is 30.9 Å². The summed E-state index contributed by atoms with van der Waals surface area (Å²) in [7, 11) is 1.29. The third kappa shape index (κ3) is 4.64. The molecule has 0 bridgehead atoms. The topological polar surface area (TPSA) is 173 Å². The molecule has 2 aromatic heterocycles. The number of nitrogens with zero attached hydrogens (tertiary/aromatic N) is 5. The van der Waals surface area contributed by atoms with Crippen LogP contribution in [0, 0.1) is 12.3 Å². The number of amides is 2. The zero-order valence-electron chi connectivity index (χ0n) is 17.4. The number of aromatic nitrogens is 3. The number of carboxylic acids is 1. The third-order valence-electron chi connectivity index (χ3n) is 5.03. The molecule has 2 aliphatic heterocycles. The molecule has 16 heteroatoms. The molecule has 0 aromatic carbocycles. The van der Waals surface area contributed by atoms with Gasteiger partial charge in [-0.05, 0) is 18.5 Å². The molecule has 4 N–H and O–H groups in total. The van der Waals surface area contributed by atoms with Crippen LogP contribution in [-0.4, -0.2) is 84.4 Å². The Morgan fingerprint density at radius 3 is 2.88 bits per heavy atom. The Morgan fingerprint density at radius 1 is 1.48 bits per heavy atom. The summed E-state index contributed by atoms with van der Waals surface area (Å²) < 4.78 is 4.80. The summed E-state index contributed by atoms with van der Waals surface area (Å²) in [4.78, 5) is 52.3. The fourth-order valence-corrected chi connectivity index (χ4v) is 7.40. The fraction of sp³-hybridized carbons (Fsp3) is 0.471. The van der Waals surface area contributed by atoms with E-state index in [2.05, 4.69) is 24.8 Å². The van der Waals surface area contributed by atoms with Gasteiger partial charge in [-0.2, -0.15) is 4.37 Å². The summed E-state index contributed by atoms with van der Waals surface area (Å²) >= 11 is 5.01. The van der Waals surface area contributed by atoms with Gasteiger partial charge < -0.3 is 25.9 Å². The van der Waals surface area contributed by atoms with Gasteiger partial charge in [-0.15, -0.1) is 23.1 Å². The first-order valence-electron chi connectivity index (χ1n) is 9.46. The SMILES string of the molecule is CON=C(C(=O)NC1C(=O)N2CC(CSc3nc(C)ns3)(C(=O)O)CS[C@H]12)c1csc(N)n1. The zero-order valence-corrected chi connectivity index (χ0v) is 20.6. The number of hydrogen-bond donors (Lipinski definition) is 3. The van der Waals surface area contributed by atoms with Crippen LogP contribution in [0.25, 0.3) is 0 Å². The molecule has 2 aromatic rings. The molecular formula is C17H19N7O5S4. The Balaban J connectivity index is 1.42. The zero-order chi connectivity index (χ0) is 23.8. The summed E-state index contributed by atoms with van der Waals surface area (Å²) in [5.41, 5.74) is 4.65. The monoisotopic (exact) mass is 529 g/mol. The van der Waals surface area contributed by atoms with Crippen LogP contribution in [0.3, 0.4) is 0 Å². The van der Waals surface area contributed by atoms with Crippen molar-refractivity contribution in [3.05, 3.63) is 16.9 Å². The van der Waals surface area contributed by atoms with E-state index in [-0.39, 0.29) is 45.9 Å². The van der Waals surface area contributed by atoms with Gasteiger partial charge in [-0.3, -0.25) is 14.4 Å². The van der Waals surface area contributed by atoms with E-state index >= 15 is 0 Å². The molecule has 0 saturated carbocycles. The van der Waals surface area contributed by atoms with Crippen molar-refractivity contribution in [2.45, 2.75) is 22.7 Å². The maximum absolute atomic E-state index is 12.8. The van der Waals surface area contributed by atoms with E-state index in [1.54, 1.807) is 12.3 Å². The minimum absolute atomic E-state index is 0.0532. The van der Waals surface area contributed by atoms with Crippen LogP contribution in [0.15, 0.2) is 14.9 Å². The smallest absolute Gasteiger partial charge is 0.313 e. The Hall–Kier alpha value is -2.43. The number of fused-ring (bicyclic) bond motifs is 1. The summed E-state index contributed by atoms with van der Waals surface area (Å²) in [6, 6.07) is -0.800. The Kier molecular flexibility index (Phi) is 6.78. The number of thiazole rings is 1. The first-order valence-corrected chi connectivity index (χ1v) is 13.1. The van der Waals surface area contributed by atoms with Gasteiger partial charge in [-0.25, -0.2) is 9.97 Å². The lowest BCUT2D eigenvalue weighted by Crippen LogP contribution is -2.74. The number of carbonyl (C=O) groups is 3. The Morgan fingerprint density at radius 2 is 2.27 bits per heavy atom. The molecule has 2 saturated heterocycles. The van der Waals surface area contributed by atoms with E-state index in [4.69, 9.17) is 10.6 Å². The number of carbonyl (C=O) groups excluding carboxylic acids is 2. The number of rotatable bonds is 8. The maximum Gasteiger partial charge on any atom is 0.313 e. The quantitative estimate of drug-likeness (QED) is 0.188. The second-order valence-corrected chi connectivity index (χ2v) is 11.3. The molecule has 33 heavy (non-hydrogen) atoms. The van der Waals surface area contributed by atoms with Crippen LogP contribution in [0.1, 0.15) is 11.5 Å². The predicted molar refractivity (Wildman–Crippen MR) is 125 cm³/mol. The molecule has 176 valence electrons. The lowest BCUT2D eigenvalue weighted by atomic mass is 9.89. The normalized spacial score (nSPS) is 24.7. The van der Waals surface area contributed by atoms with Gasteiger partial charge in [0.25, 0.3) is 5.91 Å². The van der Waals surface area contributed by atoms with Crippen molar-refractivity contribution < 1.29 is 24.3 Å². The minimum Gasteiger partial charge on any atom is -0.481 e. The average molecular weight is 530 g/mol. The summed E-state index contributed by atoms with van der Waals surface area (Å²) in [5, 5.41) is 17.8. The number of aryl methyl sites for hydroxylation is 1. The van der Waals surface area contributed by atoms with Crippen molar-refractivity contribution in [1.82, 2.24) is 24.6 Å². The molecule has 3 atom stereocenters. The van der Waals surface area contributed by atoms with Crippen LogP contribution in [-0.2, 0) is 19.2 Å². The van der Waals surface area contributed by atoms with Gasteiger partial charge in [0.15, 0.2) is 15.2 Å². The summed E-state index contributed by atoms with van der Waals surface area (Å²) in [6.07, 6.45) is 0. The predicted octanol–water partition coefficient (Wildman–Crippen LogP) is 0.499. The highest BCUT2D eigenvalue weighted by Gasteiger charge is 2.57. The Bertz CT molecular complexity index is 1120. The van der Waals surface area contributed by atoms with Gasteiger partial charge in [0.1, 0.15) is 35.5 Å². The van der Waals surface area contributed by atoms with Crippen molar-refractivity contribution in [1.29, 1.82) is 0 Å². The fourth-order valence-electron chi connectivity index (χ4n) is 3.34. The molecule has 0 radical (unpaired) electrons. The molecule has 2 fully saturated rings. The minimum atomic E-state index is -1.13. The number of carboxylic acid groups (broad SMARTS) is 1. The number of nitrogens with one attached hydrogen (secondary N) is 1. The van der Waals surface area contributed by atoms with Crippen LogP contribution >= 0.6 is 46.4 Å². The van der Waals surface area contributed by atoms with Crippen molar-refractivity contribution in [3.8, 4) is 0 Å². The molecule has 2 unspecified atom stereocenters. The van der Waals surface area contributed by atoms with Crippen molar-refractivity contribution in [3.63, 3.8) is 0 Å². The molecule has 12 nitrogen and oxygen atoms in total. The molecule has 2 aliphatic rings. The number of oxime groups is 1. The molecule has 0 spiro atoms. The van der Waals surface area contributed by atoms with Crippen LogP contribution in [0.2, 0.25) is 0 Å². The van der Waals surface area contributed by atoms with Crippen LogP contribution in [0.4, 0.5) is 5.13 Å². The maximum atomic E-state index is 12.8. The molecule has 4 rings (SSSR count). The second kappa shape index (κ2) is 9.44. The molecule has 2 amide bonds. The average Bonchev–Trinajstić information content (AvgIpc) is 3.41. The van der Waals surface area contributed by atoms with E-state index in [1.165, 1.54) is 47.1 Å². The summed E-state index contributed by atoms with van der Waals surface area (Å²) in [6.45, 7) is 1.82. The largest absolute Gasteiger partial charge is 0.481 e. The first kappa shape index (κ1) is 23.7.